The van der Waals surface area contributed by atoms with Gasteiger partial charge in [0.2, 0.25) is 0 Å². The molecule has 1 rings (SSSR count). The fourth-order valence-electron chi connectivity index (χ4n) is 0.926. The molecule has 0 aromatic carbocycles. The highest BCUT2D eigenvalue weighted by atomic mass is 79.9. The van der Waals surface area contributed by atoms with E-state index in [2.05, 4.69) is 20.9 Å². The smallest absolute Gasteiger partial charge is 0.266 e. The molecule has 1 aromatic heterocycles. The van der Waals surface area contributed by atoms with Crippen LogP contribution in [0, 0.1) is 0 Å². The van der Waals surface area contributed by atoms with Gasteiger partial charge in [0.25, 0.3) is 12.3 Å². The molecular formula is C7H4BrClF2N2O. The molecule has 1 aromatic rings. The van der Waals surface area contributed by atoms with E-state index in [0.29, 0.717) is 0 Å². The van der Waals surface area contributed by atoms with Crippen molar-refractivity contribution >= 4 is 33.4 Å². The van der Waals surface area contributed by atoms with Gasteiger partial charge in [0, 0.05) is 6.20 Å². The minimum Gasteiger partial charge on any atom is -0.366 e. The van der Waals surface area contributed by atoms with Crippen LogP contribution in [0.2, 0.25) is 5.02 Å². The van der Waals surface area contributed by atoms with Crippen LogP contribution >= 0.6 is 27.5 Å². The van der Waals surface area contributed by atoms with Gasteiger partial charge in [-0.15, -0.1) is 0 Å². The number of nitrogens with zero attached hydrogens (tertiary/aromatic N) is 1. The molecular weight excluding hydrogens is 281 g/mol. The lowest BCUT2D eigenvalue weighted by Gasteiger charge is -2.08. The normalized spacial score (nSPS) is 10.6. The fourth-order valence-corrected chi connectivity index (χ4v) is 1.66. The standard InChI is InChI=1S/C7H4BrClF2N2O/c8-5-4(7(12)14)3(6(10)11)2(9)1-13-5/h1,6H,(H2,12,14). The number of nitrogens with two attached hydrogens (primary N) is 1. The number of pyridine rings is 1. The highest BCUT2D eigenvalue weighted by molar-refractivity contribution is 9.10. The van der Waals surface area contributed by atoms with Gasteiger partial charge < -0.3 is 5.73 Å². The van der Waals surface area contributed by atoms with Crippen molar-refractivity contribution in [3.05, 3.63) is 26.9 Å². The van der Waals surface area contributed by atoms with Crippen molar-refractivity contribution in [1.82, 2.24) is 4.98 Å². The molecule has 0 radical (unpaired) electrons. The largest absolute Gasteiger partial charge is 0.366 e. The van der Waals surface area contributed by atoms with E-state index in [9.17, 15) is 13.6 Å². The maximum Gasteiger partial charge on any atom is 0.266 e. The van der Waals surface area contributed by atoms with Crippen LogP contribution in [0.5, 0.6) is 0 Å². The number of hydrogen-bond acceptors (Lipinski definition) is 2. The molecule has 3 nitrogen and oxygen atoms in total. The Morgan fingerprint density at radius 3 is 2.57 bits per heavy atom. The lowest BCUT2D eigenvalue weighted by Crippen LogP contribution is -2.16. The first-order valence-electron chi connectivity index (χ1n) is 3.37. The van der Waals surface area contributed by atoms with Crippen LogP contribution in [-0.4, -0.2) is 10.9 Å². The Morgan fingerprint density at radius 1 is 1.64 bits per heavy atom. The molecule has 0 unspecified atom stereocenters. The molecule has 0 fully saturated rings. The van der Waals surface area contributed by atoms with Crippen molar-refractivity contribution in [2.24, 2.45) is 5.73 Å². The molecule has 0 aliphatic carbocycles. The van der Waals surface area contributed by atoms with Crippen molar-refractivity contribution in [1.29, 1.82) is 0 Å². The number of amides is 1. The summed E-state index contributed by atoms with van der Waals surface area (Å²) in [5.41, 5.74) is 3.94. The molecule has 0 spiro atoms. The molecule has 0 aliphatic rings. The zero-order valence-corrected chi connectivity index (χ0v) is 8.94. The molecule has 0 atom stereocenters. The van der Waals surface area contributed by atoms with Crippen LogP contribution in [0.25, 0.3) is 0 Å². The van der Waals surface area contributed by atoms with Gasteiger partial charge in [-0.3, -0.25) is 4.79 Å². The summed E-state index contributed by atoms with van der Waals surface area (Å²) in [4.78, 5) is 14.5. The van der Waals surface area contributed by atoms with Crippen molar-refractivity contribution < 1.29 is 13.6 Å². The van der Waals surface area contributed by atoms with E-state index < -0.39 is 17.9 Å². The van der Waals surface area contributed by atoms with Gasteiger partial charge in [-0.1, -0.05) is 11.6 Å². The Hall–Kier alpha value is -0.750. The zero-order chi connectivity index (χ0) is 10.9. The maximum atomic E-state index is 12.5. The van der Waals surface area contributed by atoms with E-state index in [4.69, 9.17) is 17.3 Å². The van der Waals surface area contributed by atoms with Gasteiger partial charge in [-0.2, -0.15) is 0 Å². The van der Waals surface area contributed by atoms with Gasteiger partial charge in [0.05, 0.1) is 16.1 Å². The van der Waals surface area contributed by atoms with E-state index in [1.807, 2.05) is 0 Å². The minimum atomic E-state index is -2.87. The van der Waals surface area contributed by atoms with Crippen LogP contribution in [0.15, 0.2) is 10.8 Å². The third-order valence-electron chi connectivity index (χ3n) is 1.49. The second kappa shape index (κ2) is 4.18. The van der Waals surface area contributed by atoms with Gasteiger partial charge in [-0.25, -0.2) is 13.8 Å². The van der Waals surface area contributed by atoms with E-state index in [1.54, 1.807) is 0 Å². The maximum absolute atomic E-state index is 12.5. The van der Waals surface area contributed by atoms with Gasteiger partial charge in [0.1, 0.15) is 4.60 Å². The predicted molar refractivity (Wildman–Crippen MR) is 50.4 cm³/mol. The molecule has 0 bridgehead atoms. The summed E-state index contributed by atoms with van der Waals surface area (Å²) >= 11 is 8.32. The Labute approximate surface area is 91.4 Å². The van der Waals surface area contributed by atoms with Crippen molar-refractivity contribution in [2.45, 2.75) is 6.43 Å². The summed E-state index contributed by atoms with van der Waals surface area (Å²) in [6.45, 7) is 0. The molecule has 0 saturated heterocycles. The average molecular weight is 285 g/mol. The fraction of sp³-hybridized carbons (Fsp3) is 0.143. The average Bonchev–Trinajstić information content (AvgIpc) is 2.07. The molecule has 14 heavy (non-hydrogen) atoms. The number of carbonyl (C=O) groups excluding carboxylic acids is 1. The summed E-state index contributed by atoms with van der Waals surface area (Å²) in [5.74, 6) is -0.998. The van der Waals surface area contributed by atoms with Crippen LogP contribution in [-0.2, 0) is 0 Å². The first kappa shape index (κ1) is 11.3. The Balaban J connectivity index is 3.50. The zero-order valence-electron chi connectivity index (χ0n) is 6.60. The Morgan fingerprint density at radius 2 is 2.21 bits per heavy atom. The Kier molecular flexibility index (Phi) is 3.38. The van der Waals surface area contributed by atoms with E-state index >= 15 is 0 Å². The van der Waals surface area contributed by atoms with Crippen LogP contribution < -0.4 is 5.73 Å². The summed E-state index contributed by atoms with van der Waals surface area (Å²) in [6.07, 6.45) is -1.84. The predicted octanol–water partition coefficient (Wildman–Crippen LogP) is 2.53. The van der Waals surface area contributed by atoms with Gasteiger partial charge in [-0.05, 0) is 15.9 Å². The molecule has 0 saturated carbocycles. The number of aromatic nitrogens is 1. The highest BCUT2D eigenvalue weighted by Crippen LogP contribution is 2.32. The summed E-state index contributed by atoms with van der Waals surface area (Å²) in [7, 11) is 0. The van der Waals surface area contributed by atoms with E-state index in [1.165, 1.54) is 0 Å². The third-order valence-corrected chi connectivity index (χ3v) is 2.39. The van der Waals surface area contributed by atoms with E-state index in [0.717, 1.165) is 6.20 Å². The number of carbonyl (C=O) groups is 1. The second-order valence-corrected chi connectivity index (χ2v) is 3.51. The molecule has 1 heterocycles. The first-order valence-corrected chi connectivity index (χ1v) is 4.54. The summed E-state index contributed by atoms with van der Waals surface area (Å²) < 4.78 is 24.9. The van der Waals surface area contributed by atoms with Crippen LogP contribution in [0.4, 0.5) is 8.78 Å². The molecule has 0 aliphatic heterocycles. The van der Waals surface area contributed by atoms with Gasteiger partial charge in [0.15, 0.2) is 0 Å². The highest BCUT2D eigenvalue weighted by Gasteiger charge is 2.23. The second-order valence-electron chi connectivity index (χ2n) is 2.35. The summed E-state index contributed by atoms with van der Waals surface area (Å²) in [5, 5.41) is -0.281. The minimum absolute atomic E-state index is 0.0373. The quantitative estimate of drug-likeness (QED) is 0.849. The first-order chi connectivity index (χ1) is 6.45. The number of primary amides is 1. The van der Waals surface area contributed by atoms with Crippen molar-refractivity contribution in [3.63, 3.8) is 0 Å². The summed E-state index contributed by atoms with van der Waals surface area (Å²) in [6, 6.07) is 0. The van der Waals surface area contributed by atoms with Crippen LogP contribution in [0.1, 0.15) is 22.3 Å². The third kappa shape index (κ3) is 2.01. The monoisotopic (exact) mass is 284 g/mol. The lowest BCUT2D eigenvalue weighted by atomic mass is 10.1. The molecule has 2 N–H and O–H groups in total. The molecule has 1 amide bonds. The SMILES string of the molecule is NC(=O)c1c(Br)ncc(Cl)c1C(F)F. The number of hydrogen-bond donors (Lipinski definition) is 1. The van der Waals surface area contributed by atoms with Crippen molar-refractivity contribution in [3.8, 4) is 0 Å². The van der Waals surface area contributed by atoms with Crippen LogP contribution in [0.3, 0.4) is 0 Å². The Bertz CT molecular complexity index is 386. The number of halogens is 4. The molecule has 7 heteroatoms. The van der Waals surface area contributed by atoms with Crippen molar-refractivity contribution in [2.75, 3.05) is 0 Å². The van der Waals surface area contributed by atoms with E-state index in [-0.39, 0.29) is 15.2 Å². The lowest BCUT2D eigenvalue weighted by molar-refractivity contribution is 0.0984. The molecule has 76 valence electrons. The number of rotatable bonds is 2. The number of alkyl halides is 2. The van der Waals surface area contributed by atoms with Gasteiger partial charge >= 0.3 is 0 Å². The topological polar surface area (TPSA) is 56.0 Å².